The number of methoxy groups -OCH3 is 1. The zero-order chi connectivity index (χ0) is 22.5. The van der Waals surface area contributed by atoms with Gasteiger partial charge in [-0.3, -0.25) is 9.69 Å². The maximum atomic E-state index is 12.4. The van der Waals surface area contributed by atoms with Gasteiger partial charge < -0.3 is 15.0 Å². The fourth-order valence-electron chi connectivity index (χ4n) is 3.86. The van der Waals surface area contributed by atoms with E-state index in [1.54, 1.807) is 30.2 Å². The molecule has 1 aliphatic rings. The van der Waals surface area contributed by atoms with Crippen LogP contribution in [0, 0.1) is 6.92 Å². The molecule has 178 valence electrons. The number of amides is 1. The quantitative estimate of drug-likeness (QED) is 0.447. The van der Waals surface area contributed by atoms with E-state index in [1.165, 1.54) is 15.2 Å². The summed E-state index contributed by atoms with van der Waals surface area (Å²) in [5.41, 5.74) is 2.91. The molecule has 1 aliphatic heterocycles. The maximum Gasteiger partial charge on any atom is 0.251 e. The van der Waals surface area contributed by atoms with Gasteiger partial charge in [-0.15, -0.1) is 24.2 Å². The van der Waals surface area contributed by atoms with Gasteiger partial charge in [-0.2, -0.15) is 0 Å². The lowest BCUT2D eigenvalue weighted by Crippen LogP contribution is -2.48. The van der Waals surface area contributed by atoms with Gasteiger partial charge in [-0.05, 0) is 48.6 Å². The van der Waals surface area contributed by atoms with Crippen LogP contribution in [-0.4, -0.2) is 67.9 Å². The fourth-order valence-corrected chi connectivity index (χ4v) is 5.62. The molecule has 0 unspecified atom stereocenters. The minimum Gasteiger partial charge on any atom is -0.494 e. The largest absolute Gasteiger partial charge is 0.494 e. The Balaban J connectivity index is 0.00000306. The Labute approximate surface area is 210 Å². The Hall–Kier alpha value is -2.00. The minimum atomic E-state index is -0.00419. The van der Waals surface area contributed by atoms with Gasteiger partial charge in [0, 0.05) is 49.7 Å². The number of fused-ring (bicyclic) bond motifs is 1. The molecule has 0 aliphatic carbocycles. The van der Waals surface area contributed by atoms with Crippen molar-refractivity contribution in [1.29, 1.82) is 0 Å². The molecule has 2 aromatic carbocycles. The fraction of sp³-hybridized carbons (Fsp3) is 0.417. The van der Waals surface area contributed by atoms with Crippen LogP contribution in [0.5, 0.6) is 5.75 Å². The van der Waals surface area contributed by atoms with Crippen LogP contribution >= 0.6 is 35.5 Å². The molecular formula is C24H31ClN4O2S2. The second kappa shape index (κ2) is 11.9. The zero-order valence-corrected chi connectivity index (χ0v) is 21.7. The first-order chi connectivity index (χ1) is 15.6. The standard InChI is InChI=1S/C24H30N4O2S2.ClH/c1-4-31-19-8-6-18(7-9-19)23(29)25-11-12-27-13-15-28(16-14-27)24-26-21-20(30-3)10-5-17(2)22(21)32-24;/h5-10H,4,11-16H2,1-3H3,(H,25,29);1H. The molecule has 0 atom stereocenters. The van der Waals surface area contributed by atoms with Gasteiger partial charge in [0.15, 0.2) is 5.13 Å². The van der Waals surface area contributed by atoms with Gasteiger partial charge in [0.1, 0.15) is 11.3 Å². The van der Waals surface area contributed by atoms with Crippen molar-refractivity contribution in [2.75, 3.05) is 57.0 Å². The number of anilines is 1. The van der Waals surface area contributed by atoms with E-state index in [0.29, 0.717) is 6.54 Å². The summed E-state index contributed by atoms with van der Waals surface area (Å²) in [6.45, 7) is 9.56. The molecule has 2 heterocycles. The Morgan fingerprint density at radius 2 is 1.88 bits per heavy atom. The second-order valence-electron chi connectivity index (χ2n) is 7.80. The highest BCUT2D eigenvalue weighted by atomic mass is 35.5. The number of rotatable bonds is 8. The van der Waals surface area contributed by atoms with E-state index in [2.05, 4.69) is 35.0 Å². The summed E-state index contributed by atoms with van der Waals surface area (Å²) < 4.78 is 6.69. The number of benzene rings is 2. The Morgan fingerprint density at radius 1 is 1.15 bits per heavy atom. The number of halogens is 1. The molecule has 0 spiro atoms. The number of carbonyl (C=O) groups is 1. The maximum absolute atomic E-state index is 12.4. The van der Waals surface area contributed by atoms with Gasteiger partial charge in [-0.1, -0.05) is 24.3 Å². The van der Waals surface area contributed by atoms with Crippen LogP contribution in [0.4, 0.5) is 5.13 Å². The van der Waals surface area contributed by atoms with Crippen molar-refractivity contribution in [2.45, 2.75) is 18.7 Å². The molecule has 0 bridgehead atoms. The lowest BCUT2D eigenvalue weighted by molar-refractivity contribution is 0.0947. The topological polar surface area (TPSA) is 57.7 Å². The lowest BCUT2D eigenvalue weighted by Gasteiger charge is -2.34. The summed E-state index contributed by atoms with van der Waals surface area (Å²) in [6.07, 6.45) is 0. The van der Waals surface area contributed by atoms with E-state index in [9.17, 15) is 4.79 Å². The van der Waals surface area contributed by atoms with E-state index in [1.807, 2.05) is 30.3 Å². The summed E-state index contributed by atoms with van der Waals surface area (Å²) in [7, 11) is 1.70. The third-order valence-corrected chi connectivity index (χ3v) is 7.84. The van der Waals surface area contributed by atoms with Gasteiger partial charge in [0.05, 0.1) is 11.8 Å². The molecule has 0 radical (unpaired) electrons. The van der Waals surface area contributed by atoms with Crippen molar-refractivity contribution in [1.82, 2.24) is 15.2 Å². The van der Waals surface area contributed by atoms with Gasteiger partial charge in [0.25, 0.3) is 5.91 Å². The average molecular weight is 507 g/mol. The molecule has 1 saturated heterocycles. The molecule has 3 aromatic rings. The smallest absolute Gasteiger partial charge is 0.251 e. The molecule has 33 heavy (non-hydrogen) atoms. The number of thiazole rings is 1. The number of nitrogens with one attached hydrogen (secondary N) is 1. The second-order valence-corrected chi connectivity index (χ2v) is 10.1. The van der Waals surface area contributed by atoms with E-state index < -0.39 is 0 Å². The SMILES string of the molecule is CCSc1ccc(C(=O)NCCN2CCN(c3nc4c(OC)ccc(C)c4s3)CC2)cc1.Cl. The minimum absolute atomic E-state index is 0. The van der Waals surface area contributed by atoms with Crippen molar-refractivity contribution in [3.05, 3.63) is 47.5 Å². The first kappa shape index (κ1) is 25.6. The summed E-state index contributed by atoms with van der Waals surface area (Å²) in [5, 5.41) is 4.11. The molecule has 9 heteroatoms. The van der Waals surface area contributed by atoms with Crippen LogP contribution in [-0.2, 0) is 0 Å². The van der Waals surface area contributed by atoms with Crippen molar-refractivity contribution < 1.29 is 9.53 Å². The number of nitrogens with zero attached hydrogens (tertiary/aromatic N) is 3. The zero-order valence-electron chi connectivity index (χ0n) is 19.3. The highest BCUT2D eigenvalue weighted by molar-refractivity contribution is 7.99. The normalized spacial score (nSPS) is 14.2. The van der Waals surface area contributed by atoms with E-state index >= 15 is 0 Å². The highest BCUT2D eigenvalue weighted by Gasteiger charge is 2.21. The molecule has 4 rings (SSSR count). The molecule has 0 saturated carbocycles. The van der Waals surface area contributed by atoms with Crippen LogP contribution in [0.15, 0.2) is 41.3 Å². The van der Waals surface area contributed by atoms with E-state index in [4.69, 9.17) is 9.72 Å². The molecule has 1 fully saturated rings. The molecule has 1 amide bonds. The molecule has 1 aromatic heterocycles. The number of aromatic nitrogens is 1. The predicted octanol–water partition coefficient (Wildman–Crippen LogP) is 4.70. The van der Waals surface area contributed by atoms with E-state index in [0.717, 1.165) is 60.4 Å². The number of piperazine rings is 1. The number of hydrogen-bond donors (Lipinski definition) is 1. The summed E-state index contributed by atoms with van der Waals surface area (Å²) >= 11 is 3.52. The third-order valence-electron chi connectivity index (χ3n) is 5.70. The Bertz CT molecular complexity index is 1070. The van der Waals surface area contributed by atoms with Crippen molar-refractivity contribution in [3.63, 3.8) is 0 Å². The van der Waals surface area contributed by atoms with Crippen LogP contribution in [0.1, 0.15) is 22.8 Å². The molecular weight excluding hydrogens is 476 g/mol. The molecule has 1 N–H and O–H groups in total. The number of aryl methyl sites for hydroxylation is 1. The summed E-state index contributed by atoms with van der Waals surface area (Å²) in [6, 6.07) is 11.9. The lowest BCUT2D eigenvalue weighted by atomic mass is 10.2. The van der Waals surface area contributed by atoms with Crippen LogP contribution < -0.4 is 15.0 Å². The summed E-state index contributed by atoms with van der Waals surface area (Å²) in [5.74, 6) is 1.86. The van der Waals surface area contributed by atoms with Gasteiger partial charge in [-0.25, -0.2) is 4.98 Å². The van der Waals surface area contributed by atoms with Crippen LogP contribution in [0.3, 0.4) is 0 Å². The molecule has 6 nitrogen and oxygen atoms in total. The Kier molecular flexibility index (Phi) is 9.26. The number of carbonyl (C=O) groups excluding carboxylic acids is 1. The predicted molar refractivity (Wildman–Crippen MR) is 142 cm³/mol. The van der Waals surface area contributed by atoms with Crippen LogP contribution in [0.2, 0.25) is 0 Å². The first-order valence-electron chi connectivity index (χ1n) is 11.0. The highest BCUT2D eigenvalue weighted by Crippen LogP contribution is 2.36. The van der Waals surface area contributed by atoms with Crippen molar-refractivity contribution in [3.8, 4) is 5.75 Å². The van der Waals surface area contributed by atoms with Gasteiger partial charge >= 0.3 is 0 Å². The first-order valence-corrected chi connectivity index (χ1v) is 12.8. The number of thioether (sulfide) groups is 1. The monoisotopic (exact) mass is 506 g/mol. The van der Waals surface area contributed by atoms with Crippen molar-refractivity contribution in [2.24, 2.45) is 0 Å². The van der Waals surface area contributed by atoms with E-state index in [-0.39, 0.29) is 18.3 Å². The Morgan fingerprint density at radius 3 is 2.55 bits per heavy atom. The number of hydrogen-bond acceptors (Lipinski definition) is 7. The van der Waals surface area contributed by atoms with Crippen molar-refractivity contribution >= 4 is 56.8 Å². The average Bonchev–Trinajstić information content (AvgIpc) is 3.27. The number of ether oxygens (including phenoxy) is 1. The summed E-state index contributed by atoms with van der Waals surface area (Å²) in [4.78, 5) is 23.2. The third kappa shape index (κ3) is 6.12. The van der Waals surface area contributed by atoms with Gasteiger partial charge in [0.2, 0.25) is 0 Å². The van der Waals surface area contributed by atoms with Crippen LogP contribution in [0.25, 0.3) is 10.2 Å².